The van der Waals surface area contributed by atoms with Crippen molar-refractivity contribution in [1.82, 2.24) is 0 Å². The minimum absolute atomic E-state index is 0.102. The van der Waals surface area contributed by atoms with Crippen molar-refractivity contribution in [2.75, 3.05) is 5.32 Å². The third-order valence-electron chi connectivity index (χ3n) is 2.63. The number of hydrogen-bond donors (Lipinski definition) is 2. The lowest BCUT2D eigenvalue weighted by Crippen LogP contribution is -2.09. The Balaban J connectivity index is 2.33. The molecule has 0 heterocycles. The summed E-state index contributed by atoms with van der Waals surface area (Å²) < 4.78 is 0. The number of halogens is 1. The van der Waals surface area contributed by atoms with E-state index in [-0.39, 0.29) is 11.4 Å². The first-order valence-corrected chi connectivity index (χ1v) is 6.39. The van der Waals surface area contributed by atoms with Gasteiger partial charge in [0.15, 0.2) is 0 Å². The molecule has 0 aliphatic heterocycles. The van der Waals surface area contributed by atoms with Gasteiger partial charge >= 0.3 is 6.09 Å². The van der Waals surface area contributed by atoms with Crippen LogP contribution in [0.3, 0.4) is 0 Å². The van der Waals surface area contributed by atoms with Gasteiger partial charge in [-0.05, 0) is 36.4 Å². The molecular formula is C15H9ClN2O4. The summed E-state index contributed by atoms with van der Waals surface area (Å²) in [5, 5.41) is 22.2. The van der Waals surface area contributed by atoms with Gasteiger partial charge in [-0.15, -0.1) is 0 Å². The van der Waals surface area contributed by atoms with Crippen LogP contribution >= 0.6 is 11.6 Å². The van der Waals surface area contributed by atoms with Crippen molar-refractivity contribution in [1.29, 1.82) is 0 Å². The van der Waals surface area contributed by atoms with Crippen LogP contribution in [0.1, 0.15) is 11.1 Å². The van der Waals surface area contributed by atoms with Gasteiger partial charge in [-0.2, -0.15) is 0 Å². The predicted molar refractivity (Wildman–Crippen MR) is 82.2 cm³/mol. The molecule has 0 unspecified atom stereocenters. The highest BCUT2D eigenvalue weighted by Gasteiger charge is 2.15. The smallest absolute Gasteiger partial charge is 0.409 e. The zero-order valence-corrected chi connectivity index (χ0v) is 11.8. The van der Waals surface area contributed by atoms with Crippen LogP contribution in [0.5, 0.6) is 0 Å². The molecule has 1 amide bonds. The Kier molecular flexibility index (Phi) is 4.61. The summed E-state index contributed by atoms with van der Waals surface area (Å²) >= 11 is 5.77. The van der Waals surface area contributed by atoms with Gasteiger partial charge in [0.1, 0.15) is 5.69 Å². The minimum Gasteiger partial charge on any atom is -0.465 e. The zero-order valence-electron chi connectivity index (χ0n) is 11.0. The van der Waals surface area contributed by atoms with Crippen LogP contribution < -0.4 is 5.32 Å². The number of nitro benzene ring substituents is 1. The van der Waals surface area contributed by atoms with Crippen LogP contribution in [0.15, 0.2) is 42.5 Å². The van der Waals surface area contributed by atoms with Crippen LogP contribution in [-0.2, 0) is 0 Å². The monoisotopic (exact) mass is 316 g/mol. The molecule has 0 saturated carbocycles. The Bertz CT molecular complexity index is 791. The van der Waals surface area contributed by atoms with E-state index in [4.69, 9.17) is 16.7 Å². The molecule has 2 aromatic carbocycles. The summed E-state index contributed by atoms with van der Waals surface area (Å²) in [6.45, 7) is 0. The second-order valence-corrected chi connectivity index (χ2v) is 4.61. The van der Waals surface area contributed by atoms with Crippen molar-refractivity contribution in [2.24, 2.45) is 0 Å². The van der Waals surface area contributed by atoms with Crippen LogP contribution in [0.25, 0.3) is 0 Å². The SMILES string of the molecule is O=C(O)Nc1ccc(C#Cc2ccc(Cl)cc2)cc1[N+](=O)[O-]. The third-order valence-corrected chi connectivity index (χ3v) is 2.88. The number of anilines is 1. The van der Waals surface area contributed by atoms with E-state index >= 15 is 0 Å². The molecule has 0 bridgehead atoms. The van der Waals surface area contributed by atoms with Gasteiger partial charge in [0.05, 0.1) is 4.92 Å². The van der Waals surface area contributed by atoms with Crippen molar-refractivity contribution in [2.45, 2.75) is 0 Å². The Hall–Kier alpha value is -3.04. The van der Waals surface area contributed by atoms with Gasteiger partial charge in [-0.3, -0.25) is 15.4 Å². The van der Waals surface area contributed by atoms with Gasteiger partial charge in [0.2, 0.25) is 0 Å². The number of nitrogens with zero attached hydrogens (tertiary/aromatic N) is 1. The van der Waals surface area contributed by atoms with E-state index in [0.717, 1.165) is 0 Å². The number of nitrogens with one attached hydrogen (secondary N) is 1. The quantitative estimate of drug-likeness (QED) is 0.501. The first-order valence-electron chi connectivity index (χ1n) is 6.01. The second kappa shape index (κ2) is 6.61. The number of benzene rings is 2. The van der Waals surface area contributed by atoms with Crippen LogP contribution in [0.2, 0.25) is 5.02 Å². The molecule has 0 radical (unpaired) electrons. The van der Waals surface area contributed by atoms with E-state index in [1.54, 1.807) is 24.3 Å². The fourth-order valence-electron chi connectivity index (χ4n) is 1.66. The van der Waals surface area contributed by atoms with E-state index < -0.39 is 11.0 Å². The summed E-state index contributed by atoms with van der Waals surface area (Å²) in [5.41, 5.74) is 0.650. The first kappa shape index (κ1) is 15.4. The number of rotatable bonds is 2. The molecule has 2 aromatic rings. The lowest BCUT2D eigenvalue weighted by Gasteiger charge is -2.02. The molecule has 0 aliphatic rings. The van der Waals surface area contributed by atoms with Crippen LogP contribution in [0.4, 0.5) is 16.2 Å². The summed E-state index contributed by atoms with van der Waals surface area (Å²) in [6, 6.07) is 10.9. The maximum atomic E-state index is 11.0. The fourth-order valence-corrected chi connectivity index (χ4v) is 1.78. The molecule has 22 heavy (non-hydrogen) atoms. The third kappa shape index (κ3) is 3.98. The number of carbonyl (C=O) groups is 1. The van der Waals surface area contributed by atoms with E-state index in [1.165, 1.54) is 18.2 Å². The number of nitro groups is 1. The molecule has 0 aliphatic carbocycles. The summed E-state index contributed by atoms with van der Waals surface area (Å²) in [5.74, 6) is 5.63. The zero-order chi connectivity index (χ0) is 16.1. The highest BCUT2D eigenvalue weighted by Crippen LogP contribution is 2.25. The Morgan fingerprint density at radius 3 is 2.32 bits per heavy atom. The molecular weight excluding hydrogens is 308 g/mol. The van der Waals surface area contributed by atoms with E-state index in [9.17, 15) is 14.9 Å². The van der Waals surface area contributed by atoms with Gasteiger partial charge in [-0.25, -0.2) is 4.79 Å². The number of hydrogen-bond acceptors (Lipinski definition) is 3. The minimum atomic E-state index is -1.37. The molecule has 110 valence electrons. The predicted octanol–water partition coefficient (Wildman–Crippen LogP) is 3.74. The van der Waals surface area contributed by atoms with Gasteiger partial charge in [-0.1, -0.05) is 23.4 Å². The maximum Gasteiger partial charge on any atom is 0.409 e. The van der Waals surface area contributed by atoms with Crippen molar-refractivity contribution in [3.05, 3.63) is 68.7 Å². The molecule has 0 spiro atoms. The Morgan fingerprint density at radius 1 is 1.14 bits per heavy atom. The molecule has 0 aromatic heterocycles. The van der Waals surface area contributed by atoms with E-state index in [2.05, 4.69) is 11.8 Å². The van der Waals surface area contributed by atoms with Crippen LogP contribution in [0, 0.1) is 22.0 Å². The summed E-state index contributed by atoms with van der Waals surface area (Å²) in [6.07, 6.45) is -1.37. The Morgan fingerprint density at radius 2 is 1.73 bits per heavy atom. The normalized spacial score (nSPS) is 9.50. The molecule has 0 fully saturated rings. The molecule has 0 saturated heterocycles. The first-order chi connectivity index (χ1) is 10.5. The average Bonchev–Trinajstić information content (AvgIpc) is 2.47. The van der Waals surface area contributed by atoms with E-state index in [1.807, 2.05) is 5.32 Å². The highest BCUT2D eigenvalue weighted by atomic mass is 35.5. The fraction of sp³-hybridized carbons (Fsp3) is 0. The number of carboxylic acid groups (broad SMARTS) is 1. The maximum absolute atomic E-state index is 11.0. The van der Waals surface area contributed by atoms with Crippen molar-refractivity contribution in [3.63, 3.8) is 0 Å². The van der Waals surface area contributed by atoms with Gasteiger partial charge in [0, 0.05) is 22.2 Å². The highest BCUT2D eigenvalue weighted by molar-refractivity contribution is 6.30. The van der Waals surface area contributed by atoms with Gasteiger partial charge < -0.3 is 5.11 Å². The van der Waals surface area contributed by atoms with Crippen LogP contribution in [-0.4, -0.2) is 16.1 Å². The van der Waals surface area contributed by atoms with Crippen molar-refractivity contribution in [3.8, 4) is 11.8 Å². The molecule has 7 heteroatoms. The average molecular weight is 317 g/mol. The Labute approximate surface area is 130 Å². The molecule has 2 rings (SSSR count). The van der Waals surface area contributed by atoms with E-state index in [0.29, 0.717) is 16.1 Å². The molecule has 2 N–H and O–H groups in total. The molecule has 0 atom stereocenters. The lowest BCUT2D eigenvalue weighted by molar-refractivity contribution is -0.383. The summed E-state index contributed by atoms with van der Waals surface area (Å²) in [4.78, 5) is 20.9. The molecule has 6 nitrogen and oxygen atoms in total. The van der Waals surface area contributed by atoms with Crippen molar-refractivity contribution >= 4 is 29.1 Å². The second-order valence-electron chi connectivity index (χ2n) is 4.18. The van der Waals surface area contributed by atoms with Crippen molar-refractivity contribution < 1.29 is 14.8 Å². The number of amides is 1. The topological polar surface area (TPSA) is 92.5 Å². The van der Waals surface area contributed by atoms with Gasteiger partial charge in [0.25, 0.3) is 5.69 Å². The lowest BCUT2D eigenvalue weighted by atomic mass is 10.1. The largest absolute Gasteiger partial charge is 0.465 e. The summed E-state index contributed by atoms with van der Waals surface area (Å²) in [7, 11) is 0. The standard InChI is InChI=1S/C15H9ClN2O4/c16-12-6-3-10(4-7-12)1-2-11-5-8-13(17-15(19)20)14(9-11)18(21)22/h3-9,17H,(H,19,20).